The fraction of sp³-hybridized carbons (Fsp3) is 0.412. The SMILES string of the molecule is O=C(Cc1ccn[nH]1)N1CCCC1(CO)Cc1ccccc1. The van der Waals surface area contributed by atoms with E-state index in [4.69, 9.17) is 0 Å². The highest BCUT2D eigenvalue weighted by atomic mass is 16.3. The van der Waals surface area contributed by atoms with E-state index in [1.165, 1.54) is 0 Å². The number of amides is 1. The lowest BCUT2D eigenvalue weighted by molar-refractivity contribution is -0.136. The second-order valence-corrected chi connectivity index (χ2v) is 5.95. The molecular weight excluding hydrogens is 278 g/mol. The van der Waals surface area contributed by atoms with Crippen molar-refractivity contribution in [3.63, 3.8) is 0 Å². The number of rotatable bonds is 5. The first-order chi connectivity index (χ1) is 10.7. The summed E-state index contributed by atoms with van der Waals surface area (Å²) < 4.78 is 0. The van der Waals surface area contributed by atoms with Crippen LogP contribution in [0.25, 0.3) is 0 Å². The van der Waals surface area contributed by atoms with Crippen LogP contribution in [-0.4, -0.2) is 44.8 Å². The molecule has 3 rings (SSSR count). The fourth-order valence-corrected chi connectivity index (χ4v) is 3.35. The second kappa shape index (κ2) is 6.32. The molecule has 0 aliphatic carbocycles. The van der Waals surface area contributed by atoms with E-state index in [2.05, 4.69) is 10.2 Å². The Hall–Kier alpha value is -2.14. The minimum Gasteiger partial charge on any atom is -0.394 e. The van der Waals surface area contributed by atoms with E-state index >= 15 is 0 Å². The number of nitrogens with zero attached hydrogens (tertiary/aromatic N) is 2. The molecule has 0 bridgehead atoms. The van der Waals surface area contributed by atoms with Crippen LogP contribution in [0, 0.1) is 0 Å². The maximum atomic E-state index is 12.6. The Kier molecular flexibility index (Phi) is 4.24. The Morgan fingerprint density at radius 2 is 2.14 bits per heavy atom. The van der Waals surface area contributed by atoms with Gasteiger partial charge in [0.1, 0.15) is 0 Å². The number of aromatic amines is 1. The zero-order valence-corrected chi connectivity index (χ0v) is 12.5. The molecule has 0 radical (unpaired) electrons. The van der Waals surface area contributed by atoms with Crippen molar-refractivity contribution in [1.82, 2.24) is 15.1 Å². The van der Waals surface area contributed by atoms with Crippen LogP contribution in [0.15, 0.2) is 42.6 Å². The molecular formula is C17H21N3O2. The van der Waals surface area contributed by atoms with E-state index < -0.39 is 5.54 Å². The third-order valence-electron chi connectivity index (χ3n) is 4.47. The number of likely N-dealkylation sites (tertiary alicyclic amines) is 1. The van der Waals surface area contributed by atoms with E-state index in [9.17, 15) is 9.90 Å². The van der Waals surface area contributed by atoms with Gasteiger partial charge >= 0.3 is 0 Å². The Morgan fingerprint density at radius 1 is 1.32 bits per heavy atom. The van der Waals surface area contributed by atoms with Crippen LogP contribution in [0.3, 0.4) is 0 Å². The van der Waals surface area contributed by atoms with Crippen molar-refractivity contribution in [2.45, 2.75) is 31.2 Å². The summed E-state index contributed by atoms with van der Waals surface area (Å²) in [6.45, 7) is 0.705. The smallest absolute Gasteiger partial charge is 0.229 e. The number of benzene rings is 1. The van der Waals surface area contributed by atoms with Gasteiger partial charge in [-0.25, -0.2) is 0 Å². The molecule has 0 spiro atoms. The number of H-pyrrole nitrogens is 1. The maximum absolute atomic E-state index is 12.6. The lowest BCUT2D eigenvalue weighted by atomic mass is 9.88. The van der Waals surface area contributed by atoms with E-state index in [0.29, 0.717) is 19.4 Å². The highest BCUT2D eigenvalue weighted by molar-refractivity contribution is 5.79. The molecule has 5 heteroatoms. The van der Waals surface area contributed by atoms with Crippen LogP contribution in [0.4, 0.5) is 0 Å². The van der Waals surface area contributed by atoms with Crippen molar-refractivity contribution < 1.29 is 9.90 Å². The number of aliphatic hydroxyl groups is 1. The van der Waals surface area contributed by atoms with Gasteiger partial charge in [-0.15, -0.1) is 0 Å². The van der Waals surface area contributed by atoms with Crippen molar-refractivity contribution in [3.05, 3.63) is 53.9 Å². The van der Waals surface area contributed by atoms with Gasteiger partial charge in [0.2, 0.25) is 5.91 Å². The van der Waals surface area contributed by atoms with Crippen molar-refractivity contribution in [3.8, 4) is 0 Å². The molecule has 116 valence electrons. The summed E-state index contributed by atoms with van der Waals surface area (Å²) in [6.07, 6.45) is 4.42. The van der Waals surface area contributed by atoms with E-state index in [0.717, 1.165) is 24.1 Å². The van der Waals surface area contributed by atoms with Crippen LogP contribution in [0.2, 0.25) is 0 Å². The number of carbonyl (C=O) groups is 1. The summed E-state index contributed by atoms with van der Waals surface area (Å²) in [5, 5.41) is 16.7. The highest BCUT2D eigenvalue weighted by Gasteiger charge is 2.43. The Labute approximate surface area is 130 Å². The first-order valence-electron chi connectivity index (χ1n) is 7.67. The average Bonchev–Trinajstić information content (AvgIpc) is 3.18. The molecule has 22 heavy (non-hydrogen) atoms. The van der Waals surface area contributed by atoms with Crippen LogP contribution in [0.1, 0.15) is 24.1 Å². The standard InChI is InChI=1S/C17H21N3O2/c21-13-17(12-14-5-2-1-3-6-14)8-4-10-20(17)16(22)11-15-7-9-18-19-15/h1-3,5-7,9,21H,4,8,10-13H2,(H,18,19). The van der Waals surface area contributed by atoms with Crippen LogP contribution >= 0.6 is 0 Å². The lowest BCUT2D eigenvalue weighted by Crippen LogP contribution is -2.52. The number of hydrogen-bond acceptors (Lipinski definition) is 3. The van der Waals surface area contributed by atoms with Crippen molar-refractivity contribution in [1.29, 1.82) is 0 Å². The zero-order valence-electron chi connectivity index (χ0n) is 12.5. The Bertz CT molecular complexity index is 612. The van der Waals surface area contributed by atoms with Gasteiger partial charge in [-0.3, -0.25) is 9.89 Å². The number of carbonyl (C=O) groups excluding carboxylic acids is 1. The Balaban J connectivity index is 1.78. The monoisotopic (exact) mass is 299 g/mol. The van der Waals surface area contributed by atoms with E-state index in [-0.39, 0.29) is 12.5 Å². The molecule has 1 fully saturated rings. The number of nitrogens with one attached hydrogen (secondary N) is 1. The molecule has 2 N–H and O–H groups in total. The normalized spacial score (nSPS) is 21.2. The molecule has 1 aliphatic rings. The third kappa shape index (κ3) is 2.90. The molecule has 1 amide bonds. The van der Waals surface area contributed by atoms with Gasteiger partial charge < -0.3 is 10.0 Å². The van der Waals surface area contributed by atoms with Crippen molar-refractivity contribution >= 4 is 5.91 Å². The second-order valence-electron chi connectivity index (χ2n) is 5.95. The van der Waals surface area contributed by atoms with Gasteiger partial charge in [0, 0.05) is 18.4 Å². The molecule has 1 unspecified atom stereocenters. The zero-order chi connectivity index (χ0) is 15.4. The summed E-state index contributed by atoms with van der Waals surface area (Å²) in [7, 11) is 0. The molecule has 2 aromatic rings. The number of hydrogen-bond donors (Lipinski definition) is 2. The lowest BCUT2D eigenvalue weighted by Gasteiger charge is -2.37. The molecule has 1 aromatic heterocycles. The molecule has 1 saturated heterocycles. The van der Waals surface area contributed by atoms with Crippen LogP contribution in [0.5, 0.6) is 0 Å². The predicted octanol–water partition coefficient (Wildman–Crippen LogP) is 1.55. The predicted molar refractivity (Wildman–Crippen MR) is 83.2 cm³/mol. The van der Waals surface area contributed by atoms with Gasteiger partial charge in [-0.1, -0.05) is 30.3 Å². The quantitative estimate of drug-likeness (QED) is 0.880. The van der Waals surface area contributed by atoms with E-state index in [1.807, 2.05) is 41.3 Å². The summed E-state index contributed by atoms with van der Waals surface area (Å²) in [6, 6.07) is 11.9. The maximum Gasteiger partial charge on any atom is 0.229 e. The van der Waals surface area contributed by atoms with Gasteiger partial charge in [-0.05, 0) is 30.9 Å². The van der Waals surface area contributed by atoms with Crippen molar-refractivity contribution in [2.75, 3.05) is 13.2 Å². The molecule has 1 aliphatic heterocycles. The Morgan fingerprint density at radius 3 is 2.82 bits per heavy atom. The summed E-state index contributed by atoms with van der Waals surface area (Å²) >= 11 is 0. The van der Waals surface area contributed by atoms with E-state index in [1.54, 1.807) is 6.20 Å². The van der Waals surface area contributed by atoms with Gasteiger partial charge in [0.15, 0.2) is 0 Å². The van der Waals surface area contributed by atoms with Gasteiger partial charge in [0.05, 0.1) is 18.6 Å². The number of aromatic nitrogens is 2. The van der Waals surface area contributed by atoms with Gasteiger partial charge in [0.25, 0.3) is 0 Å². The third-order valence-corrected chi connectivity index (χ3v) is 4.47. The molecule has 1 atom stereocenters. The van der Waals surface area contributed by atoms with Gasteiger partial charge in [-0.2, -0.15) is 5.10 Å². The number of aliphatic hydroxyl groups excluding tert-OH is 1. The van der Waals surface area contributed by atoms with Crippen LogP contribution < -0.4 is 0 Å². The van der Waals surface area contributed by atoms with Crippen LogP contribution in [-0.2, 0) is 17.6 Å². The first-order valence-corrected chi connectivity index (χ1v) is 7.67. The topological polar surface area (TPSA) is 69.2 Å². The minimum absolute atomic E-state index is 0.00336. The average molecular weight is 299 g/mol. The summed E-state index contributed by atoms with van der Waals surface area (Å²) in [4.78, 5) is 14.5. The fourth-order valence-electron chi connectivity index (χ4n) is 3.35. The first kappa shape index (κ1) is 14.8. The highest BCUT2D eigenvalue weighted by Crippen LogP contribution is 2.33. The van der Waals surface area contributed by atoms with Crippen molar-refractivity contribution in [2.24, 2.45) is 0 Å². The molecule has 0 saturated carbocycles. The molecule has 5 nitrogen and oxygen atoms in total. The molecule has 1 aromatic carbocycles. The summed E-state index contributed by atoms with van der Waals surface area (Å²) in [5.41, 5.74) is 1.49. The largest absolute Gasteiger partial charge is 0.394 e. The minimum atomic E-state index is -0.474. The summed E-state index contributed by atoms with van der Waals surface area (Å²) in [5.74, 6) is 0.0479. The molecule has 2 heterocycles.